The van der Waals surface area contributed by atoms with Gasteiger partial charge in [0.15, 0.2) is 0 Å². The normalized spacial score (nSPS) is 12.0. The molecule has 0 N–H and O–H groups in total. The Kier molecular flexibility index (Phi) is 6.27. The average Bonchev–Trinajstić information content (AvgIpc) is 2.54. The molecule has 2 aromatic carbocycles. The van der Waals surface area contributed by atoms with E-state index in [0.29, 0.717) is 5.92 Å². The Morgan fingerprint density at radius 1 is 0.952 bits per heavy atom. The Bertz CT molecular complexity index is 539. The summed E-state index contributed by atoms with van der Waals surface area (Å²) in [6.45, 7) is 6.18. The molecule has 0 fully saturated rings. The molecule has 0 aliphatic rings. The molecule has 2 rings (SSSR count). The fourth-order valence-electron chi connectivity index (χ4n) is 2.83. The fourth-order valence-corrected chi connectivity index (χ4v) is 2.83. The van der Waals surface area contributed by atoms with Crippen molar-refractivity contribution in [2.24, 2.45) is 5.92 Å². The predicted octanol–water partition coefficient (Wildman–Crippen LogP) is 5.81. The van der Waals surface area contributed by atoms with Gasteiger partial charge < -0.3 is 0 Å². The average molecular weight is 278 g/mol. The minimum atomic E-state index is 0.672. The lowest BCUT2D eigenvalue weighted by Crippen LogP contribution is -1.99. The molecule has 0 saturated heterocycles. The Hall–Kier alpha value is -1.82. The van der Waals surface area contributed by atoms with Gasteiger partial charge in [0.25, 0.3) is 0 Å². The zero-order chi connectivity index (χ0) is 14.9. The zero-order valence-corrected chi connectivity index (χ0v) is 13.1. The fraction of sp³-hybridized carbons (Fsp3) is 0.333. The molecule has 0 radical (unpaired) electrons. The molecule has 0 spiro atoms. The maximum atomic E-state index is 3.93. The predicted molar refractivity (Wildman–Crippen MR) is 92.6 cm³/mol. The monoisotopic (exact) mass is 278 g/mol. The molecule has 0 saturated carbocycles. The van der Waals surface area contributed by atoms with Gasteiger partial charge in [0.2, 0.25) is 0 Å². The highest BCUT2D eigenvalue weighted by atomic mass is 14.1. The molecule has 2 aromatic rings. The molecule has 0 unspecified atom stereocenters. The summed E-state index contributed by atoms with van der Waals surface area (Å²) in [5.41, 5.74) is 4.36. The Labute approximate surface area is 129 Å². The summed E-state index contributed by atoms with van der Waals surface area (Å²) < 4.78 is 0. The molecule has 0 nitrogen and oxygen atoms in total. The summed E-state index contributed by atoms with van der Waals surface area (Å²) in [6, 6.07) is 19.6. The first kappa shape index (κ1) is 15.6. The summed E-state index contributed by atoms with van der Waals surface area (Å²) in [7, 11) is 0. The van der Waals surface area contributed by atoms with Crippen molar-refractivity contribution in [1.82, 2.24) is 0 Å². The van der Waals surface area contributed by atoms with Crippen LogP contribution in [0.25, 0.3) is 0 Å². The van der Waals surface area contributed by atoms with Gasteiger partial charge in [-0.05, 0) is 54.7 Å². The Morgan fingerprint density at radius 2 is 1.62 bits per heavy atom. The molecule has 0 amide bonds. The van der Waals surface area contributed by atoms with Crippen LogP contribution in [0.15, 0.2) is 67.3 Å². The minimum Gasteiger partial charge on any atom is -0.103 e. The lowest BCUT2D eigenvalue weighted by atomic mass is 9.93. The number of benzene rings is 2. The summed E-state index contributed by atoms with van der Waals surface area (Å²) in [6.07, 6.45) is 8.02. The van der Waals surface area contributed by atoms with Gasteiger partial charge in [-0.2, -0.15) is 0 Å². The topological polar surface area (TPSA) is 0 Å². The van der Waals surface area contributed by atoms with Gasteiger partial charge >= 0.3 is 0 Å². The molecule has 21 heavy (non-hydrogen) atoms. The SMILES string of the molecule is C=C[C@H](CC)CCCc1ccccc1Cc1ccccc1. The third kappa shape index (κ3) is 4.90. The van der Waals surface area contributed by atoms with E-state index in [1.807, 2.05) is 0 Å². The first-order valence-corrected chi connectivity index (χ1v) is 8.06. The summed E-state index contributed by atoms with van der Waals surface area (Å²) in [5.74, 6) is 0.672. The molecule has 0 aliphatic carbocycles. The molecule has 110 valence electrons. The molecule has 0 heteroatoms. The number of aryl methyl sites for hydroxylation is 1. The first-order valence-electron chi connectivity index (χ1n) is 8.06. The van der Waals surface area contributed by atoms with Crippen LogP contribution in [0.1, 0.15) is 42.9 Å². The Morgan fingerprint density at radius 3 is 2.29 bits per heavy atom. The van der Waals surface area contributed by atoms with Crippen LogP contribution in [-0.4, -0.2) is 0 Å². The van der Waals surface area contributed by atoms with E-state index in [1.165, 1.54) is 42.4 Å². The number of hydrogen-bond acceptors (Lipinski definition) is 0. The highest BCUT2D eigenvalue weighted by molar-refractivity contribution is 5.32. The van der Waals surface area contributed by atoms with Gasteiger partial charge in [-0.25, -0.2) is 0 Å². The van der Waals surface area contributed by atoms with Gasteiger partial charge in [0, 0.05) is 0 Å². The number of allylic oxidation sites excluding steroid dienone is 1. The number of rotatable bonds is 8. The Balaban J connectivity index is 1.98. The van der Waals surface area contributed by atoms with Crippen molar-refractivity contribution in [3.8, 4) is 0 Å². The lowest BCUT2D eigenvalue weighted by Gasteiger charge is -2.12. The van der Waals surface area contributed by atoms with Crippen LogP contribution >= 0.6 is 0 Å². The maximum absolute atomic E-state index is 3.93. The van der Waals surface area contributed by atoms with Crippen molar-refractivity contribution in [1.29, 1.82) is 0 Å². The lowest BCUT2D eigenvalue weighted by molar-refractivity contribution is 0.546. The zero-order valence-electron chi connectivity index (χ0n) is 13.1. The van der Waals surface area contributed by atoms with Crippen LogP contribution in [-0.2, 0) is 12.8 Å². The van der Waals surface area contributed by atoms with Crippen LogP contribution in [0.5, 0.6) is 0 Å². The molecule has 0 aromatic heterocycles. The third-order valence-electron chi connectivity index (χ3n) is 4.23. The van der Waals surface area contributed by atoms with E-state index in [2.05, 4.69) is 74.2 Å². The highest BCUT2D eigenvalue weighted by Gasteiger charge is 2.05. The molecule has 0 bridgehead atoms. The first-order chi connectivity index (χ1) is 10.3. The summed E-state index contributed by atoms with van der Waals surface area (Å²) in [4.78, 5) is 0. The molecule has 0 aliphatic heterocycles. The second-order valence-corrected chi connectivity index (χ2v) is 5.73. The van der Waals surface area contributed by atoms with E-state index < -0.39 is 0 Å². The van der Waals surface area contributed by atoms with Gasteiger partial charge in [-0.3, -0.25) is 0 Å². The van der Waals surface area contributed by atoms with Gasteiger partial charge in [-0.15, -0.1) is 6.58 Å². The van der Waals surface area contributed by atoms with E-state index in [4.69, 9.17) is 0 Å². The molecule has 0 heterocycles. The summed E-state index contributed by atoms with van der Waals surface area (Å²) in [5, 5.41) is 0. The highest BCUT2D eigenvalue weighted by Crippen LogP contribution is 2.19. The van der Waals surface area contributed by atoms with Crippen molar-refractivity contribution in [3.63, 3.8) is 0 Å². The largest absolute Gasteiger partial charge is 0.103 e. The summed E-state index contributed by atoms with van der Waals surface area (Å²) >= 11 is 0. The van der Waals surface area contributed by atoms with Gasteiger partial charge in [0.1, 0.15) is 0 Å². The molecular formula is C21H26. The smallest absolute Gasteiger partial charge is 0.00230 e. The van der Waals surface area contributed by atoms with E-state index in [1.54, 1.807) is 0 Å². The van der Waals surface area contributed by atoms with Crippen LogP contribution in [0.3, 0.4) is 0 Å². The second kappa shape index (κ2) is 8.46. The van der Waals surface area contributed by atoms with E-state index in [0.717, 1.165) is 6.42 Å². The second-order valence-electron chi connectivity index (χ2n) is 5.73. The van der Waals surface area contributed by atoms with E-state index in [-0.39, 0.29) is 0 Å². The van der Waals surface area contributed by atoms with E-state index >= 15 is 0 Å². The van der Waals surface area contributed by atoms with Crippen molar-refractivity contribution in [2.75, 3.05) is 0 Å². The van der Waals surface area contributed by atoms with E-state index in [9.17, 15) is 0 Å². The maximum Gasteiger partial charge on any atom is -0.00230 e. The van der Waals surface area contributed by atoms with Crippen LogP contribution in [0.4, 0.5) is 0 Å². The van der Waals surface area contributed by atoms with Crippen LogP contribution in [0, 0.1) is 5.92 Å². The van der Waals surface area contributed by atoms with Crippen molar-refractivity contribution < 1.29 is 0 Å². The van der Waals surface area contributed by atoms with Crippen LogP contribution < -0.4 is 0 Å². The van der Waals surface area contributed by atoms with Crippen LogP contribution in [0.2, 0.25) is 0 Å². The quantitative estimate of drug-likeness (QED) is 0.534. The van der Waals surface area contributed by atoms with Gasteiger partial charge in [0.05, 0.1) is 0 Å². The number of hydrogen-bond donors (Lipinski definition) is 0. The standard InChI is InChI=1S/C21H26/c1-3-18(4-2)13-10-16-20-14-8-9-15-21(20)17-19-11-6-5-7-12-19/h3,5-9,11-12,14-15,18H,1,4,10,13,16-17H2,2H3/t18-/m1/s1. The molecule has 1 atom stereocenters. The van der Waals surface area contributed by atoms with Gasteiger partial charge in [-0.1, -0.05) is 67.6 Å². The van der Waals surface area contributed by atoms with Crippen molar-refractivity contribution >= 4 is 0 Å². The minimum absolute atomic E-state index is 0.672. The third-order valence-corrected chi connectivity index (χ3v) is 4.23. The van der Waals surface area contributed by atoms with Crippen molar-refractivity contribution in [3.05, 3.63) is 83.9 Å². The molecular weight excluding hydrogens is 252 g/mol. The van der Waals surface area contributed by atoms with Crippen molar-refractivity contribution in [2.45, 2.75) is 39.0 Å².